The van der Waals surface area contributed by atoms with Crippen molar-refractivity contribution in [2.75, 3.05) is 6.54 Å². The van der Waals surface area contributed by atoms with Crippen LogP contribution in [0.3, 0.4) is 0 Å². The first-order valence-corrected chi connectivity index (χ1v) is 7.28. The Bertz CT molecular complexity index is 371. The molecule has 0 saturated carbocycles. The largest absolute Gasteiger partial charge is 0.481 e. The summed E-state index contributed by atoms with van der Waals surface area (Å²) in [5.41, 5.74) is 5.14. The van der Waals surface area contributed by atoms with Crippen LogP contribution < -0.4 is 11.1 Å². The fourth-order valence-electron chi connectivity index (χ4n) is 2.04. The summed E-state index contributed by atoms with van der Waals surface area (Å²) in [4.78, 5) is 35.9. The van der Waals surface area contributed by atoms with Crippen LogP contribution in [0.15, 0.2) is 0 Å². The van der Waals surface area contributed by atoms with E-state index in [1.54, 1.807) is 4.90 Å². The predicted molar refractivity (Wildman–Crippen MR) is 79.7 cm³/mol. The van der Waals surface area contributed by atoms with Gasteiger partial charge in [-0.15, -0.1) is 0 Å². The highest BCUT2D eigenvalue weighted by Crippen LogP contribution is 2.13. The minimum atomic E-state index is -0.889. The van der Waals surface area contributed by atoms with Crippen molar-refractivity contribution in [1.29, 1.82) is 0 Å². The first-order valence-electron chi connectivity index (χ1n) is 7.28. The summed E-state index contributed by atoms with van der Waals surface area (Å²) < 4.78 is 0. The van der Waals surface area contributed by atoms with Crippen LogP contribution in [0, 0.1) is 5.92 Å². The maximum absolute atomic E-state index is 12.6. The summed E-state index contributed by atoms with van der Waals surface area (Å²) in [5, 5.41) is 11.2. The number of nitrogens with two attached hydrogens (primary N) is 1. The van der Waals surface area contributed by atoms with E-state index in [1.807, 2.05) is 27.7 Å². The van der Waals surface area contributed by atoms with Crippen LogP contribution in [0.5, 0.6) is 0 Å². The molecule has 0 aromatic heterocycles. The fourth-order valence-corrected chi connectivity index (χ4v) is 2.04. The first kappa shape index (κ1) is 19.2. The van der Waals surface area contributed by atoms with E-state index in [0.717, 1.165) is 6.42 Å². The van der Waals surface area contributed by atoms with Crippen molar-refractivity contribution in [3.63, 3.8) is 0 Å². The zero-order valence-electron chi connectivity index (χ0n) is 13.3. The molecule has 4 N–H and O–H groups in total. The predicted octanol–water partition coefficient (Wildman–Crippen LogP) is 1.17. The fraction of sp³-hybridized carbons (Fsp3) is 0.786. The average molecular weight is 301 g/mol. The molecule has 3 amide bonds. The zero-order valence-corrected chi connectivity index (χ0v) is 13.3. The zero-order chi connectivity index (χ0) is 16.6. The second kappa shape index (κ2) is 9.20. The molecule has 0 aromatic carbocycles. The maximum atomic E-state index is 12.6. The molecule has 0 spiro atoms. The number of carboxylic acid groups (broad SMARTS) is 1. The van der Waals surface area contributed by atoms with Gasteiger partial charge in [-0.25, -0.2) is 4.79 Å². The number of carbonyl (C=O) groups excluding carboxylic acids is 2. The minimum Gasteiger partial charge on any atom is -0.481 e. The van der Waals surface area contributed by atoms with Crippen molar-refractivity contribution in [2.24, 2.45) is 11.7 Å². The van der Waals surface area contributed by atoms with Gasteiger partial charge in [-0.05, 0) is 26.2 Å². The highest BCUT2D eigenvalue weighted by molar-refractivity contribution is 5.87. The van der Waals surface area contributed by atoms with Crippen molar-refractivity contribution in [3.05, 3.63) is 0 Å². The molecular weight excluding hydrogens is 274 g/mol. The molecule has 0 bridgehead atoms. The third-order valence-corrected chi connectivity index (χ3v) is 3.47. The SMILES string of the molecule is CCC(C)C(NC(N)=O)C(=O)N(CCCC(=O)O)C(C)C. The molecule has 0 rings (SSSR count). The molecule has 0 aliphatic carbocycles. The van der Waals surface area contributed by atoms with Crippen LogP contribution in [0.4, 0.5) is 4.79 Å². The second-order valence-corrected chi connectivity index (χ2v) is 5.49. The van der Waals surface area contributed by atoms with E-state index in [2.05, 4.69) is 5.32 Å². The molecule has 2 unspecified atom stereocenters. The Labute approximate surface area is 125 Å². The van der Waals surface area contributed by atoms with Crippen molar-refractivity contribution in [3.8, 4) is 0 Å². The van der Waals surface area contributed by atoms with E-state index in [4.69, 9.17) is 10.8 Å². The van der Waals surface area contributed by atoms with Crippen molar-refractivity contribution >= 4 is 17.9 Å². The lowest BCUT2D eigenvalue weighted by molar-refractivity contribution is -0.139. The van der Waals surface area contributed by atoms with Gasteiger partial charge in [0.05, 0.1) is 0 Å². The topological polar surface area (TPSA) is 113 Å². The van der Waals surface area contributed by atoms with Gasteiger partial charge in [0.25, 0.3) is 0 Å². The van der Waals surface area contributed by atoms with Crippen molar-refractivity contribution in [2.45, 2.75) is 59.0 Å². The van der Waals surface area contributed by atoms with Gasteiger partial charge in [-0.2, -0.15) is 0 Å². The number of nitrogens with zero attached hydrogens (tertiary/aromatic N) is 1. The Hall–Kier alpha value is -1.79. The van der Waals surface area contributed by atoms with Crippen LogP contribution in [-0.2, 0) is 9.59 Å². The number of amides is 3. The molecule has 0 radical (unpaired) electrons. The third kappa shape index (κ3) is 6.97. The van der Waals surface area contributed by atoms with E-state index < -0.39 is 18.0 Å². The third-order valence-electron chi connectivity index (χ3n) is 3.47. The molecule has 0 aromatic rings. The van der Waals surface area contributed by atoms with E-state index >= 15 is 0 Å². The molecule has 0 aliphatic rings. The molecule has 7 nitrogen and oxygen atoms in total. The number of hydrogen-bond acceptors (Lipinski definition) is 3. The van der Waals surface area contributed by atoms with Gasteiger partial charge in [0.15, 0.2) is 0 Å². The number of aliphatic carboxylic acids is 1. The average Bonchev–Trinajstić information content (AvgIpc) is 2.38. The lowest BCUT2D eigenvalue weighted by Gasteiger charge is -2.33. The molecule has 7 heteroatoms. The van der Waals surface area contributed by atoms with Crippen LogP contribution >= 0.6 is 0 Å². The molecule has 0 saturated heterocycles. The van der Waals surface area contributed by atoms with Crippen LogP contribution in [0.2, 0.25) is 0 Å². The van der Waals surface area contributed by atoms with E-state index in [-0.39, 0.29) is 24.3 Å². The van der Waals surface area contributed by atoms with Gasteiger partial charge in [0.2, 0.25) is 5.91 Å². The van der Waals surface area contributed by atoms with Crippen LogP contribution in [-0.4, -0.2) is 46.5 Å². The molecular formula is C14H27N3O4. The van der Waals surface area contributed by atoms with Crippen LogP contribution in [0.25, 0.3) is 0 Å². The quantitative estimate of drug-likeness (QED) is 0.593. The van der Waals surface area contributed by atoms with Crippen molar-refractivity contribution < 1.29 is 19.5 Å². The van der Waals surface area contributed by atoms with Crippen LogP contribution in [0.1, 0.15) is 47.0 Å². The standard InChI is InChI=1S/C14H27N3O4/c1-5-10(4)12(16-14(15)21)13(20)17(9(2)3)8-6-7-11(18)19/h9-10,12H,5-8H2,1-4H3,(H,18,19)(H3,15,16,21). The highest BCUT2D eigenvalue weighted by atomic mass is 16.4. The van der Waals surface area contributed by atoms with Gasteiger partial charge >= 0.3 is 12.0 Å². The number of carbonyl (C=O) groups is 3. The Morgan fingerprint density at radius 3 is 2.19 bits per heavy atom. The highest BCUT2D eigenvalue weighted by Gasteiger charge is 2.30. The minimum absolute atomic E-state index is 0.00768. The maximum Gasteiger partial charge on any atom is 0.312 e. The number of hydrogen-bond donors (Lipinski definition) is 3. The molecule has 21 heavy (non-hydrogen) atoms. The van der Waals surface area contributed by atoms with Crippen molar-refractivity contribution in [1.82, 2.24) is 10.2 Å². The second-order valence-electron chi connectivity index (χ2n) is 5.49. The summed E-state index contributed by atoms with van der Waals surface area (Å²) in [5.74, 6) is -1.16. The lowest BCUT2D eigenvalue weighted by atomic mass is 9.97. The molecule has 0 aliphatic heterocycles. The molecule has 0 heterocycles. The Balaban J connectivity index is 4.94. The van der Waals surface area contributed by atoms with E-state index in [9.17, 15) is 14.4 Å². The van der Waals surface area contributed by atoms with Gasteiger partial charge in [0.1, 0.15) is 6.04 Å². The number of nitrogens with one attached hydrogen (secondary N) is 1. The number of carboxylic acids is 1. The summed E-state index contributed by atoms with van der Waals surface area (Å²) in [6.07, 6.45) is 1.11. The molecule has 2 atom stereocenters. The van der Waals surface area contributed by atoms with Gasteiger partial charge in [0, 0.05) is 19.0 Å². The monoisotopic (exact) mass is 301 g/mol. The number of primary amides is 1. The van der Waals surface area contributed by atoms with Gasteiger partial charge in [-0.3, -0.25) is 9.59 Å². The molecule has 122 valence electrons. The molecule has 0 fully saturated rings. The smallest absolute Gasteiger partial charge is 0.312 e. The Morgan fingerprint density at radius 2 is 1.81 bits per heavy atom. The summed E-state index contributed by atoms with van der Waals surface area (Å²) >= 11 is 0. The number of rotatable bonds is 9. The Kier molecular flexibility index (Phi) is 8.42. The lowest BCUT2D eigenvalue weighted by Crippen LogP contribution is -2.54. The van der Waals surface area contributed by atoms with Gasteiger partial charge < -0.3 is 21.1 Å². The Morgan fingerprint density at radius 1 is 1.24 bits per heavy atom. The summed E-state index contributed by atoms with van der Waals surface area (Å²) in [6, 6.07) is -1.49. The summed E-state index contributed by atoms with van der Waals surface area (Å²) in [6.45, 7) is 7.86. The summed E-state index contributed by atoms with van der Waals surface area (Å²) in [7, 11) is 0. The normalized spacial score (nSPS) is 13.6. The van der Waals surface area contributed by atoms with E-state index in [1.165, 1.54) is 0 Å². The first-order chi connectivity index (χ1) is 9.70. The van der Waals surface area contributed by atoms with E-state index in [0.29, 0.717) is 13.0 Å². The van der Waals surface area contributed by atoms with Gasteiger partial charge in [-0.1, -0.05) is 20.3 Å². The number of urea groups is 1.